The van der Waals surface area contributed by atoms with Gasteiger partial charge in [0.1, 0.15) is 13.5 Å². The molecule has 0 bridgehead atoms. The van der Waals surface area contributed by atoms with E-state index in [1.807, 2.05) is 18.9 Å². The van der Waals surface area contributed by atoms with Crippen molar-refractivity contribution in [3.05, 3.63) is 41.4 Å². The smallest absolute Gasteiger partial charge is 0.257 e. The zero-order chi connectivity index (χ0) is 23.7. The Bertz CT molecular complexity index is 1220. The number of H-pyrrole nitrogens is 1. The number of fused-ring (bicyclic) bond motifs is 1. The van der Waals surface area contributed by atoms with Gasteiger partial charge in [-0.3, -0.25) is 14.6 Å². The van der Waals surface area contributed by atoms with E-state index in [-0.39, 0.29) is 11.8 Å². The van der Waals surface area contributed by atoms with Crippen molar-refractivity contribution in [1.82, 2.24) is 25.2 Å². The van der Waals surface area contributed by atoms with Crippen LogP contribution in [0.25, 0.3) is 11.0 Å². The molecular formula is C23H27BClN7O2. The number of anilines is 2. The van der Waals surface area contributed by atoms with Gasteiger partial charge in [-0.15, -0.1) is 0 Å². The van der Waals surface area contributed by atoms with Crippen molar-refractivity contribution in [2.45, 2.75) is 25.3 Å². The highest BCUT2D eigenvalue weighted by molar-refractivity contribution is 6.38. The number of halogens is 1. The van der Waals surface area contributed by atoms with Crippen molar-refractivity contribution in [2.24, 2.45) is 0 Å². The first-order chi connectivity index (χ1) is 16.5. The molecule has 34 heavy (non-hydrogen) atoms. The third kappa shape index (κ3) is 4.60. The Morgan fingerprint density at radius 1 is 1.21 bits per heavy atom. The molecule has 11 heteroatoms. The van der Waals surface area contributed by atoms with Gasteiger partial charge in [-0.05, 0) is 30.9 Å². The number of rotatable bonds is 5. The molecule has 0 aliphatic carbocycles. The van der Waals surface area contributed by atoms with Crippen LogP contribution < -0.4 is 21.0 Å². The molecular weight excluding hydrogens is 453 g/mol. The van der Waals surface area contributed by atoms with Crippen LogP contribution in [-0.2, 0) is 4.79 Å². The fourth-order valence-electron chi connectivity index (χ4n) is 4.86. The second-order valence-corrected chi connectivity index (χ2v) is 9.36. The van der Waals surface area contributed by atoms with Crippen LogP contribution in [0.3, 0.4) is 0 Å². The molecule has 3 N–H and O–H groups in total. The predicted molar refractivity (Wildman–Crippen MR) is 136 cm³/mol. The Morgan fingerprint density at radius 3 is 2.76 bits per heavy atom. The molecule has 2 aliphatic heterocycles. The zero-order valence-corrected chi connectivity index (χ0v) is 19.9. The maximum absolute atomic E-state index is 12.8. The lowest BCUT2D eigenvalue weighted by atomic mass is 9.93. The minimum atomic E-state index is -0.292. The molecule has 2 fully saturated rings. The van der Waals surface area contributed by atoms with Crippen LogP contribution in [0.1, 0.15) is 29.6 Å². The van der Waals surface area contributed by atoms with Gasteiger partial charge in [0, 0.05) is 69.1 Å². The molecule has 9 nitrogen and oxygen atoms in total. The fourth-order valence-corrected chi connectivity index (χ4v) is 5.03. The Kier molecular flexibility index (Phi) is 6.43. The number of nitrogens with zero attached hydrogens (tertiary/aromatic N) is 4. The summed E-state index contributed by atoms with van der Waals surface area (Å²) in [5, 5.41) is 7.65. The minimum Gasteiger partial charge on any atom is -0.368 e. The minimum absolute atomic E-state index is 0.223. The average molecular weight is 480 g/mol. The number of carbonyl (C=O) groups is 2. The van der Waals surface area contributed by atoms with Gasteiger partial charge in [0.2, 0.25) is 5.91 Å². The number of hydrogen-bond acceptors (Lipinski definition) is 6. The highest BCUT2D eigenvalue weighted by atomic mass is 35.5. The highest BCUT2D eigenvalue weighted by Gasteiger charge is 2.27. The third-order valence-corrected chi connectivity index (χ3v) is 6.81. The largest absolute Gasteiger partial charge is 0.368 e. The van der Waals surface area contributed by atoms with Crippen LogP contribution in [0.4, 0.5) is 11.4 Å². The third-order valence-electron chi connectivity index (χ3n) is 6.60. The van der Waals surface area contributed by atoms with Crippen molar-refractivity contribution < 1.29 is 9.59 Å². The lowest BCUT2D eigenvalue weighted by molar-refractivity contribution is -0.131. The first-order valence-corrected chi connectivity index (χ1v) is 12.0. The van der Waals surface area contributed by atoms with Gasteiger partial charge in [0.25, 0.3) is 5.91 Å². The van der Waals surface area contributed by atoms with Gasteiger partial charge in [-0.2, -0.15) is 0 Å². The lowest BCUT2D eigenvalue weighted by Gasteiger charge is -2.37. The van der Waals surface area contributed by atoms with Crippen LogP contribution >= 0.6 is 11.6 Å². The Balaban J connectivity index is 1.34. The van der Waals surface area contributed by atoms with E-state index in [4.69, 9.17) is 11.6 Å². The van der Waals surface area contributed by atoms with E-state index < -0.39 is 0 Å². The molecule has 2 amide bonds. The van der Waals surface area contributed by atoms with Crippen molar-refractivity contribution in [1.29, 1.82) is 0 Å². The number of aromatic nitrogens is 3. The van der Waals surface area contributed by atoms with Crippen molar-refractivity contribution >= 4 is 59.1 Å². The van der Waals surface area contributed by atoms with E-state index in [0.29, 0.717) is 47.5 Å². The van der Waals surface area contributed by atoms with Gasteiger partial charge in [0.15, 0.2) is 0 Å². The Labute approximate surface area is 203 Å². The number of pyridine rings is 2. The van der Waals surface area contributed by atoms with Crippen LogP contribution in [-0.4, -0.2) is 78.3 Å². The van der Waals surface area contributed by atoms with E-state index in [1.165, 1.54) is 12.4 Å². The van der Waals surface area contributed by atoms with Gasteiger partial charge >= 0.3 is 0 Å². The quantitative estimate of drug-likeness (QED) is 0.470. The van der Waals surface area contributed by atoms with Gasteiger partial charge in [0.05, 0.1) is 21.7 Å². The Hall–Kier alpha value is -3.11. The lowest BCUT2D eigenvalue weighted by Crippen LogP contribution is -2.50. The molecule has 2 saturated heterocycles. The maximum Gasteiger partial charge on any atom is 0.257 e. The molecule has 2 aliphatic rings. The topological polar surface area (TPSA) is 106 Å². The summed E-state index contributed by atoms with van der Waals surface area (Å²) in [6, 6.07) is 1.90. The number of carbonyl (C=O) groups excluding carboxylic acids is 2. The van der Waals surface area contributed by atoms with Gasteiger partial charge < -0.3 is 25.4 Å². The van der Waals surface area contributed by atoms with E-state index in [2.05, 4.69) is 30.5 Å². The number of aromatic amines is 1. The summed E-state index contributed by atoms with van der Waals surface area (Å²) in [6.07, 6.45) is 9.36. The van der Waals surface area contributed by atoms with Gasteiger partial charge in [-0.1, -0.05) is 11.6 Å². The molecule has 1 unspecified atom stereocenters. The fraction of sp³-hybridized carbons (Fsp3) is 0.391. The molecule has 1 atom stereocenters. The molecule has 5 heterocycles. The molecule has 0 saturated carbocycles. The Morgan fingerprint density at radius 2 is 2.03 bits per heavy atom. The number of amides is 2. The maximum atomic E-state index is 12.8. The number of piperazine rings is 1. The first kappa shape index (κ1) is 22.7. The zero-order valence-electron chi connectivity index (χ0n) is 19.1. The van der Waals surface area contributed by atoms with Crippen molar-refractivity contribution in [3.63, 3.8) is 0 Å². The summed E-state index contributed by atoms with van der Waals surface area (Å²) >= 11 is 6.00. The van der Waals surface area contributed by atoms with Crippen molar-refractivity contribution in [2.75, 3.05) is 42.9 Å². The van der Waals surface area contributed by atoms with Crippen LogP contribution in [0.15, 0.2) is 30.9 Å². The normalized spacial score (nSPS) is 18.4. The molecule has 0 spiro atoms. The summed E-state index contributed by atoms with van der Waals surface area (Å²) < 4.78 is 0. The SMILES string of the molecule is Bc1cnc2[nH]cc(NC(=O)c3cncc(Cl)c3)c2c1N1CCN(C(=O)CC2CCCN2)CC1. The average Bonchev–Trinajstić information content (AvgIpc) is 3.49. The highest BCUT2D eigenvalue weighted by Crippen LogP contribution is 2.31. The number of hydrogen-bond donors (Lipinski definition) is 3. The van der Waals surface area contributed by atoms with Crippen LogP contribution in [0.2, 0.25) is 5.02 Å². The van der Waals surface area contributed by atoms with E-state index in [1.54, 1.807) is 12.3 Å². The molecule has 3 aromatic rings. The number of nitrogens with one attached hydrogen (secondary N) is 3. The van der Waals surface area contributed by atoms with E-state index in [9.17, 15) is 9.59 Å². The van der Waals surface area contributed by atoms with Gasteiger partial charge in [-0.25, -0.2) is 4.98 Å². The monoisotopic (exact) mass is 479 g/mol. The summed E-state index contributed by atoms with van der Waals surface area (Å²) in [4.78, 5) is 41.5. The van der Waals surface area contributed by atoms with E-state index in [0.717, 1.165) is 49.0 Å². The molecule has 0 aromatic carbocycles. The molecule has 176 valence electrons. The summed E-state index contributed by atoms with van der Waals surface area (Å²) in [5.74, 6) is -0.0698. The van der Waals surface area contributed by atoms with Crippen molar-refractivity contribution in [3.8, 4) is 0 Å². The summed E-state index contributed by atoms with van der Waals surface area (Å²) in [7, 11) is 2.02. The van der Waals surface area contributed by atoms with E-state index >= 15 is 0 Å². The van der Waals surface area contributed by atoms with Crippen LogP contribution in [0, 0.1) is 0 Å². The molecule has 0 radical (unpaired) electrons. The summed E-state index contributed by atoms with van der Waals surface area (Å²) in [5.41, 5.74) is 3.77. The second-order valence-electron chi connectivity index (χ2n) is 8.93. The van der Waals surface area contributed by atoms with Crippen LogP contribution in [0.5, 0.6) is 0 Å². The predicted octanol–water partition coefficient (Wildman–Crippen LogP) is 0.913. The standard InChI is InChI=1S/C23H27BClN7O2/c24-17-12-28-22-20(18(13-29-22)30-23(34)14-8-15(25)11-26-10-14)21(17)32-6-4-31(5-7-32)19(33)9-16-2-1-3-27-16/h8,10-13,16,27H,1-7,9,24H2,(H,28,29)(H,30,34). The first-order valence-electron chi connectivity index (χ1n) is 11.6. The molecule has 3 aromatic heterocycles. The summed E-state index contributed by atoms with van der Waals surface area (Å²) in [6.45, 7) is 3.80. The molecule has 5 rings (SSSR count). The second kappa shape index (κ2) is 9.64.